The van der Waals surface area contributed by atoms with Crippen LogP contribution in [0.2, 0.25) is 0 Å². The normalized spacial score (nSPS) is 10.2. The van der Waals surface area contributed by atoms with Crippen LogP contribution in [-0.2, 0) is 9.59 Å². The molecule has 0 heterocycles. The summed E-state index contributed by atoms with van der Waals surface area (Å²) in [6.45, 7) is 3.35. The Bertz CT molecular complexity index is 180. The number of amides is 1. The van der Waals surface area contributed by atoms with Crippen LogP contribution < -0.4 is 5.32 Å². The third kappa shape index (κ3) is 6.25. The third-order valence-corrected chi connectivity index (χ3v) is 1.61. The van der Waals surface area contributed by atoms with Crippen LogP contribution in [0.5, 0.6) is 0 Å². The second kappa shape index (κ2) is 6.57. The molecule has 0 aromatic heterocycles. The van der Waals surface area contributed by atoms with Crippen molar-refractivity contribution >= 4 is 11.7 Å². The Morgan fingerprint density at radius 2 is 2.00 bits per heavy atom. The van der Waals surface area contributed by atoms with Gasteiger partial charge in [-0.3, -0.25) is 14.0 Å². The summed E-state index contributed by atoms with van der Waals surface area (Å²) < 4.78 is 11.6. The average Bonchev–Trinajstić information content (AvgIpc) is 2.04. The predicted octanol–water partition coefficient (Wildman–Crippen LogP) is 1.08. The Morgan fingerprint density at radius 1 is 1.38 bits per heavy atom. The van der Waals surface area contributed by atoms with Crippen molar-refractivity contribution in [2.75, 3.05) is 13.2 Å². The summed E-state index contributed by atoms with van der Waals surface area (Å²) in [5.74, 6) is -0.517. The minimum atomic E-state index is -0.446. The van der Waals surface area contributed by atoms with Crippen molar-refractivity contribution in [3.05, 3.63) is 0 Å². The van der Waals surface area contributed by atoms with Gasteiger partial charge in [-0.2, -0.15) is 0 Å². The highest BCUT2D eigenvalue weighted by molar-refractivity contribution is 5.98. The van der Waals surface area contributed by atoms with Crippen LogP contribution >= 0.6 is 0 Å². The molecule has 0 aromatic carbocycles. The molecule has 0 aliphatic carbocycles. The molecule has 0 fully saturated rings. The highest BCUT2D eigenvalue weighted by atomic mass is 19.1. The van der Waals surface area contributed by atoms with Gasteiger partial charge >= 0.3 is 0 Å². The maximum Gasteiger partial charge on any atom is 0.227 e. The molecule has 76 valence electrons. The maximum atomic E-state index is 11.6. The largest absolute Gasteiger partial charge is 0.356 e. The number of hydrogen-bond acceptors (Lipinski definition) is 2. The van der Waals surface area contributed by atoms with Gasteiger partial charge in [-0.1, -0.05) is 13.8 Å². The van der Waals surface area contributed by atoms with Gasteiger partial charge in [0.25, 0.3) is 0 Å². The van der Waals surface area contributed by atoms with Crippen molar-refractivity contribution in [3.8, 4) is 0 Å². The molecule has 0 rings (SSSR count). The second-order valence-corrected chi connectivity index (χ2v) is 3.19. The van der Waals surface area contributed by atoms with Crippen molar-refractivity contribution in [2.24, 2.45) is 5.92 Å². The smallest absolute Gasteiger partial charge is 0.227 e. The second-order valence-electron chi connectivity index (χ2n) is 3.19. The molecule has 0 unspecified atom stereocenters. The van der Waals surface area contributed by atoms with E-state index in [1.54, 1.807) is 13.8 Å². The first-order valence-corrected chi connectivity index (χ1v) is 4.43. The Balaban J connectivity index is 3.56. The Morgan fingerprint density at radius 3 is 2.46 bits per heavy atom. The molecule has 3 nitrogen and oxygen atoms in total. The van der Waals surface area contributed by atoms with Gasteiger partial charge in [0, 0.05) is 12.5 Å². The van der Waals surface area contributed by atoms with Gasteiger partial charge in [-0.25, -0.2) is 0 Å². The van der Waals surface area contributed by atoms with Crippen molar-refractivity contribution in [2.45, 2.75) is 26.7 Å². The summed E-state index contributed by atoms with van der Waals surface area (Å²) in [5.41, 5.74) is 0. The minimum absolute atomic E-state index is 0.0854. The maximum absolute atomic E-state index is 11.6. The quantitative estimate of drug-likeness (QED) is 0.502. The summed E-state index contributed by atoms with van der Waals surface area (Å²) in [5, 5.41) is 2.47. The average molecular weight is 189 g/mol. The Kier molecular flexibility index (Phi) is 6.10. The summed E-state index contributed by atoms with van der Waals surface area (Å²) in [6, 6.07) is 0. The molecule has 0 bridgehead atoms. The van der Waals surface area contributed by atoms with E-state index in [1.807, 2.05) is 0 Å². The molecular weight excluding hydrogens is 173 g/mol. The monoisotopic (exact) mass is 189 g/mol. The molecule has 0 aromatic rings. The predicted molar refractivity (Wildman–Crippen MR) is 48.1 cm³/mol. The molecule has 0 radical (unpaired) electrons. The van der Waals surface area contributed by atoms with E-state index >= 15 is 0 Å². The van der Waals surface area contributed by atoms with E-state index in [4.69, 9.17) is 0 Å². The summed E-state index contributed by atoms with van der Waals surface area (Å²) in [4.78, 5) is 22.0. The van der Waals surface area contributed by atoms with E-state index in [0.29, 0.717) is 13.0 Å². The van der Waals surface area contributed by atoms with Gasteiger partial charge in [0.2, 0.25) is 5.91 Å². The van der Waals surface area contributed by atoms with Crippen LogP contribution in [0.15, 0.2) is 0 Å². The fourth-order valence-corrected chi connectivity index (χ4v) is 0.719. The Labute approximate surface area is 77.7 Å². The number of alkyl halides is 1. The van der Waals surface area contributed by atoms with Crippen molar-refractivity contribution < 1.29 is 14.0 Å². The third-order valence-electron chi connectivity index (χ3n) is 1.61. The molecule has 4 heteroatoms. The SMILES string of the molecule is CC(C)C(=O)CC(=O)NCCCF. The molecule has 1 amide bonds. The molecule has 1 N–H and O–H groups in total. The number of nitrogens with one attached hydrogen (secondary N) is 1. The van der Waals surface area contributed by atoms with Crippen LogP contribution in [0.25, 0.3) is 0 Å². The number of carbonyl (C=O) groups is 2. The summed E-state index contributed by atoms with van der Waals surface area (Å²) in [7, 11) is 0. The van der Waals surface area contributed by atoms with Gasteiger partial charge in [0.1, 0.15) is 5.78 Å². The topological polar surface area (TPSA) is 46.2 Å². The highest BCUT2D eigenvalue weighted by Crippen LogP contribution is 1.97. The molecule has 13 heavy (non-hydrogen) atoms. The van der Waals surface area contributed by atoms with E-state index in [9.17, 15) is 14.0 Å². The fraction of sp³-hybridized carbons (Fsp3) is 0.778. The van der Waals surface area contributed by atoms with E-state index < -0.39 is 6.67 Å². The lowest BCUT2D eigenvalue weighted by Crippen LogP contribution is -2.28. The van der Waals surface area contributed by atoms with E-state index in [-0.39, 0.29) is 24.0 Å². The lowest BCUT2D eigenvalue weighted by Gasteiger charge is -2.04. The molecule has 0 aliphatic heterocycles. The molecular formula is C9H16FNO2. The number of rotatable bonds is 6. The van der Waals surface area contributed by atoms with Gasteiger partial charge < -0.3 is 5.32 Å². The highest BCUT2D eigenvalue weighted by Gasteiger charge is 2.11. The molecule has 0 spiro atoms. The van der Waals surface area contributed by atoms with E-state index in [0.717, 1.165) is 0 Å². The fourth-order valence-electron chi connectivity index (χ4n) is 0.719. The summed E-state index contributed by atoms with van der Waals surface area (Å²) in [6.07, 6.45) is 0.214. The first-order valence-electron chi connectivity index (χ1n) is 4.43. The van der Waals surface area contributed by atoms with Crippen LogP contribution in [0.3, 0.4) is 0 Å². The zero-order valence-electron chi connectivity index (χ0n) is 8.10. The van der Waals surface area contributed by atoms with Gasteiger partial charge in [0.15, 0.2) is 0 Å². The minimum Gasteiger partial charge on any atom is -0.356 e. The number of carbonyl (C=O) groups excluding carboxylic acids is 2. The molecule has 0 atom stereocenters. The molecule has 0 saturated heterocycles. The van der Waals surface area contributed by atoms with Crippen molar-refractivity contribution in [3.63, 3.8) is 0 Å². The number of hydrogen-bond donors (Lipinski definition) is 1. The number of Topliss-reactive ketones (excluding diaryl/α,β-unsaturated/α-hetero) is 1. The first-order chi connectivity index (χ1) is 6.07. The standard InChI is InChI=1S/C9H16FNO2/c1-7(2)8(12)6-9(13)11-5-3-4-10/h7H,3-6H2,1-2H3,(H,11,13). The number of ketones is 1. The zero-order valence-corrected chi connectivity index (χ0v) is 8.10. The lowest BCUT2D eigenvalue weighted by molar-refractivity contribution is -0.129. The lowest BCUT2D eigenvalue weighted by atomic mass is 10.1. The molecule has 0 saturated carbocycles. The van der Waals surface area contributed by atoms with Gasteiger partial charge in [-0.15, -0.1) is 0 Å². The van der Waals surface area contributed by atoms with Gasteiger partial charge in [-0.05, 0) is 6.42 Å². The Hall–Kier alpha value is -0.930. The van der Waals surface area contributed by atoms with E-state index in [2.05, 4.69) is 5.32 Å². The molecule has 0 aliphatic rings. The van der Waals surface area contributed by atoms with Crippen molar-refractivity contribution in [1.29, 1.82) is 0 Å². The van der Waals surface area contributed by atoms with E-state index in [1.165, 1.54) is 0 Å². The van der Waals surface area contributed by atoms with Crippen LogP contribution in [-0.4, -0.2) is 24.9 Å². The van der Waals surface area contributed by atoms with Gasteiger partial charge in [0.05, 0.1) is 13.1 Å². The van der Waals surface area contributed by atoms with Crippen LogP contribution in [0, 0.1) is 5.92 Å². The van der Waals surface area contributed by atoms with Crippen LogP contribution in [0.1, 0.15) is 26.7 Å². The first kappa shape index (κ1) is 12.1. The summed E-state index contributed by atoms with van der Waals surface area (Å²) >= 11 is 0. The zero-order chi connectivity index (χ0) is 10.3. The van der Waals surface area contributed by atoms with Crippen molar-refractivity contribution in [1.82, 2.24) is 5.32 Å². The number of halogens is 1. The van der Waals surface area contributed by atoms with Crippen LogP contribution in [0.4, 0.5) is 4.39 Å².